The highest BCUT2D eigenvalue weighted by molar-refractivity contribution is 5.20. The van der Waals surface area contributed by atoms with E-state index in [1.54, 1.807) is 0 Å². The summed E-state index contributed by atoms with van der Waals surface area (Å²) in [7, 11) is 0. The van der Waals surface area contributed by atoms with Gasteiger partial charge in [0.15, 0.2) is 0 Å². The highest BCUT2D eigenvalue weighted by Gasteiger charge is 1.94. The maximum absolute atomic E-state index is 8.86. The minimum Gasteiger partial charge on any atom is -0.193 e. The lowest BCUT2D eigenvalue weighted by Crippen LogP contribution is -1.82. The van der Waals surface area contributed by atoms with Gasteiger partial charge in [0, 0.05) is 5.57 Å². The number of nitrogens with zero attached hydrogens (tertiary/aromatic N) is 1. The van der Waals surface area contributed by atoms with E-state index in [2.05, 4.69) is 26.0 Å². The molecule has 0 saturated heterocycles. The summed E-state index contributed by atoms with van der Waals surface area (Å²) in [4.78, 5) is 0. The largest absolute Gasteiger partial charge is 0.193 e. The Kier molecular flexibility index (Phi) is 9.74. The van der Waals surface area contributed by atoms with E-state index in [9.17, 15) is 0 Å². The van der Waals surface area contributed by atoms with Crippen LogP contribution in [0.3, 0.4) is 0 Å². The van der Waals surface area contributed by atoms with Crippen LogP contribution in [0.5, 0.6) is 0 Å². The molecule has 14 heavy (non-hydrogen) atoms. The van der Waals surface area contributed by atoms with Gasteiger partial charge in [-0.25, -0.2) is 0 Å². The van der Waals surface area contributed by atoms with Crippen molar-refractivity contribution in [1.82, 2.24) is 0 Å². The number of nitriles is 1. The molecule has 0 saturated carbocycles. The van der Waals surface area contributed by atoms with E-state index in [4.69, 9.17) is 5.26 Å². The van der Waals surface area contributed by atoms with Gasteiger partial charge in [-0.1, -0.05) is 45.6 Å². The Morgan fingerprint density at radius 2 is 1.71 bits per heavy atom. The number of allylic oxidation sites excluding steroid dienone is 2. The zero-order valence-electron chi connectivity index (χ0n) is 9.68. The quantitative estimate of drug-likeness (QED) is 0.408. The maximum atomic E-state index is 8.86. The molecule has 1 nitrogen and oxygen atoms in total. The van der Waals surface area contributed by atoms with Crippen molar-refractivity contribution >= 4 is 0 Å². The van der Waals surface area contributed by atoms with Crippen LogP contribution in [-0.2, 0) is 0 Å². The molecule has 0 aliphatic rings. The third-order valence-corrected chi connectivity index (χ3v) is 2.39. The Bertz CT molecular complexity index is 186. The lowest BCUT2D eigenvalue weighted by Gasteiger charge is -1.98. The van der Waals surface area contributed by atoms with Gasteiger partial charge in [0.05, 0.1) is 6.07 Å². The van der Waals surface area contributed by atoms with Crippen LogP contribution in [0.15, 0.2) is 11.6 Å². The molecule has 0 aromatic rings. The van der Waals surface area contributed by atoms with Gasteiger partial charge < -0.3 is 0 Å². The SMILES string of the molecule is CCCCC/C=C(\C#N)CCCCC. The van der Waals surface area contributed by atoms with Crippen molar-refractivity contribution in [3.63, 3.8) is 0 Å². The van der Waals surface area contributed by atoms with Crippen LogP contribution in [-0.4, -0.2) is 0 Å². The number of unbranched alkanes of at least 4 members (excludes halogenated alkanes) is 5. The molecular formula is C13H23N. The van der Waals surface area contributed by atoms with Crippen LogP contribution in [0, 0.1) is 11.3 Å². The molecule has 0 radical (unpaired) electrons. The fraction of sp³-hybridized carbons (Fsp3) is 0.769. The van der Waals surface area contributed by atoms with Crippen molar-refractivity contribution in [1.29, 1.82) is 5.26 Å². The molecule has 0 heterocycles. The molecule has 80 valence electrons. The van der Waals surface area contributed by atoms with Crippen molar-refractivity contribution in [3.8, 4) is 6.07 Å². The van der Waals surface area contributed by atoms with Crippen molar-refractivity contribution in [2.24, 2.45) is 0 Å². The highest BCUT2D eigenvalue weighted by Crippen LogP contribution is 2.10. The fourth-order valence-electron chi connectivity index (χ4n) is 1.44. The molecule has 0 atom stereocenters. The third kappa shape index (κ3) is 7.86. The number of hydrogen-bond donors (Lipinski definition) is 0. The fourth-order valence-corrected chi connectivity index (χ4v) is 1.44. The van der Waals surface area contributed by atoms with Crippen molar-refractivity contribution in [2.75, 3.05) is 0 Å². The second-order valence-corrected chi connectivity index (χ2v) is 3.79. The second-order valence-electron chi connectivity index (χ2n) is 3.79. The van der Waals surface area contributed by atoms with Gasteiger partial charge in [0.25, 0.3) is 0 Å². The van der Waals surface area contributed by atoms with E-state index >= 15 is 0 Å². The summed E-state index contributed by atoms with van der Waals surface area (Å²) in [5, 5.41) is 8.86. The third-order valence-electron chi connectivity index (χ3n) is 2.39. The number of hydrogen-bond acceptors (Lipinski definition) is 1. The van der Waals surface area contributed by atoms with Gasteiger partial charge in [-0.3, -0.25) is 0 Å². The van der Waals surface area contributed by atoms with Crippen LogP contribution in [0.1, 0.15) is 65.2 Å². The van der Waals surface area contributed by atoms with E-state index in [1.165, 1.54) is 38.5 Å². The summed E-state index contributed by atoms with van der Waals surface area (Å²) in [6.45, 7) is 4.40. The molecule has 0 N–H and O–H groups in total. The molecule has 1 heteroatoms. The van der Waals surface area contributed by atoms with Crippen molar-refractivity contribution < 1.29 is 0 Å². The van der Waals surface area contributed by atoms with Gasteiger partial charge in [-0.15, -0.1) is 0 Å². The van der Waals surface area contributed by atoms with Crippen LogP contribution in [0.2, 0.25) is 0 Å². The van der Waals surface area contributed by atoms with E-state index in [0.717, 1.165) is 18.4 Å². The molecule has 0 aromatic carbocycles. The normalized spacial score (nSPS) is 11.4. The Labute approximate surface area is 88.8 Å². The van der Waals surface area contributed by atoms with Gasteiger partial charge in [-0.2, -0.15) is 5.26 Å². The first-order valence-corrected chi connectivity index (χ1v) is 5.94. The summed E-state index contributed by atoms with van der Waals surface area (Å²) in [6.07, 6.45) is 11.6. The summed E-state index contributed by atoms with van der Waals surface area (Å²) in [6, 6.07) is 2.30. The lowest BCUT2D eigenvalue weighted by atomic mass is 10.1. The Morgan fingerprint density at radius 3 is 2.29 bits per heavy atom. The van der Waals surface area contributed by atoms with Gasteiger partial charge in [-0.05, 0) is 25.7 Å². The minimum atomic E-state index is 0.983. The van der Waals surface area contributed by atoms with Gasteiger partial charge in [0.2, 0.25) is 0 Å². The number of rotatable bonds is 8. The zero-order chi connectivity index (χ0) is 10.6. The Morgan fingerprint density at radius 1 is 1.07 bits per heavy atom. The molecule has 0 spiro atoms. The average Bonchev–Trinajstić information content (AvgIpc) is 2.22. The molecule has 0 aromatic heterocycles. The predicted octanol–water partition coefficient (Wildman–Crippen LogP) is 4.60. The second kappa shape index (κ2) is 10.3. The molecule has 0 unspecified atom stereocenters. The van der Waals surface area contributed by atoms with E-state index in [1.807, 2.05) is 0 Å². The van der Waals surface area contributed by atoms with Crippen LogP contribution >= 0.6 is 0 Å². The van der Waals surface area contributed by atoms with Crippen LogP contribution in [0.4, 0.5) is 0 Å². The predicted molar refractivity (Wildman–Crippen MR) is 62.0 cm³/mol. The summed E-state index contributed by atoms with van der Waals surface area (Å²) in [5.74, 6) is 0. The lowest BCUT2D eigenvalue weighted by molar-refractivity contribution is 0.707. The van der Waals surface area contributed by atoms with E-state index < -0.39 is 0 Å². The smallest absolute Gasteiger partial charge is 0.0943 e. The standard InChI is InChI=1S/C13H23N/c1-3-5-7-9-11-13(12-14)10-8-6-4-2/h11H,3-10H2,1-2H3/b13-11-. The molecule has 0 fully saturated rings. The Hall–Kier alpha value is -0.770. The zero-order valence-corrected chi connectivity index (χ0v) is 9.68. The first-order chi connectivity index (χ1) is 6.85. The first kappa shape index (κ1) is 13.2. The molecule has 0 bridgehead atoms. The van der Waals surface area contributed by atoms with Crippen LogP contribution < -0.4 is 0 Å². The molecule has 0 aliphatic carbocycles. The maximum Gasteiger partial charge on any atom is 0.0943 e. The van der Waals surface area contributed by atoms with Crippen molar-refractivity contribution in [3.05, 3.63) is 11.6 Å². The molecule has 0 aliphatic heterocycles. The van der Waals surface area contributed by atoms with Crippen LogP contribution in [0.25, 0.3) is 0 Å². The summed E-state index contributed by atoms with van der Waals surface area (Å²) in [5.41, 5.74) is 0.995. The highest BCUT2D eigenvalue weighted by atomic mass is 14.2. The molecule has 0 amide bonds. The van der Waals surface area contributed by atoms with E-state index in [-0.39, 0.29) is 0 Å². The topological polar surface area (TPSA) is 23.8 Å². The van der Waals surface area contributed by atoms with Gasteiger partial charge in [0.1, 0.15) is 0 Å². The van der Waals surface area contributed by atoms with E-state index in [0.29, 0.717) is 0 Å². The molecular weight excluding hydrogens is 170 g/mol. The monoisotopic (exact) mass is 193 g/mol. The Balaban J connectivity index is 3.60. The molecule has 0 rings (SSSR count). The average molecular weight is 193 g/mol. The van der Waals surface area contributed by atoms with Crippen molar-refractivity contribution in [2.45, 2.75) is 65.2 Å². The first-order valence-electron chi connectivity index (χ1n) is 5.94. The summed E-state index contributed by atoms with van der Waals surface area (Å²) >= 11 is 0. The minimum absolute atomic E-state index is 0.983. The van der Waals surface area contributed by atoms with Gasteiger partial charge >= 0.3 is 0 Å². The summed E-state index contributed by atoms with van der Waals surface area (Å²) < 4.78 is 0.